The molecule has 26 heavy (non-hydrogen) atoms. The van der Waals surface area contributed by atoms with E-state index in [9.17, 15) is 5.11 Å². The second-order valence-electron chi connectivity index (χ2n) is 7.11. The predicted octanol–water partition coefficient (Wildman–Crippen LogP) is 3.74. The van der Waals surface area contributed by atoms with Crippen LogP contribution in [0, 0.1) is 0 Å². The van der Waals surface area contributed by atoms with E-state index >= 15 is 0 Å². The molecular weight excluding hydrogens is 344 g/mol. The summed E-state index contributed by atoms with van der Waals surface area (Å²) in [4.78, 5) is 17.8. The summed E-state index contributed by atoms with van der Waals surface area (Å²) in [6.07, 6.45) is 5.31. The molecule has 0 atom stereocenters. The van der Waals surface area contributed by atoms with Crippen molar-refractivity contribution in [2.45, 2.75) is 38.3 Å². The summed E-state index contributed by atoms with van der Waals surface area (Å²) in [6.45, 7) is 2.79. The molecule has 0 saturated heterocycles. The molecule has 5 nitrogen and oxygen atoms in total. The summed E-state index contributed by atoms with van der Waals surface area (Å²) < 4.78 is 0. The first-order chi connectivity index (χ1) is 12.8. The second-order valence-corrected chi connectivity index (χ2v) is 8.08. The van der Waals surface area contributed by atoms with Crippen LogP contribution in [0.3, 0.4) is 0 Å². The minimum Gasteiger partial charge on any atom is -0.508 e. The minimum atomic E-state index is 0.283. The molecule has 2 aliphatic rings. The fraction of sp³-hybridized carbons (Fsp3) is 0.350. The minimum absolute atomic E-state index is 0.283. The molecule has 0 unspecified atom stereocenters. The molecule has 3 heterocycles. The molecule has 5 rings (SSSR count). The van der Waals surface area contributed by atoms with Gasteiger partial charge in [-0.05, 0) is 37.1 Å². The van der Waals surface area contributed by atoms with Gasteiger partial charge in [-0.3, -0.25) is 9.88 Å². The summed E-state index contributed by atoms with van der Waals surface area (Å²) in [5.41, 5.74) is 6.41. The summed E-state index contributed by atoms with van der Waals surface area (Å²) in [6, 6.07) is 7.38. The molecule has 1 fully saturated rings. The summed E-state index contributed by atoms with van der Waals surface area (Å²) in [7, 11) is 0. The maximum absolute atomic E-state index is 9.63. The molecule has 132 valence electrons. The largest absolute Gasteiger partial charge is 0.508 e. The number of aromatic hydroxyl groups is 1. The lowest BCUT2D eigenvalue weighted by Crippen LogP contribution is -2.31. The van der Waals surface area contributed by atoms with Crippen molar-refractivity contribution in [1.82, 2.24) is 19.9 Å². The van der Waals surface area contributed by atoms with Crippen LogP contribution in [0.4, 0.5) is 0 Å². The fourth-order valence-electron chi connectivity index (χ4n) is 3.55. The molecule has 1 N–H and O–H groups in total. The van der Waals surface area contributed by atoms with E-state index < -0.39 is 0 Å². The van der Waals surface area contributed by atoms with Crippen molar-refractivity contribution in [2.75, 3.05) is 6.54 Å². The molecule has 6 heteroatoms. The Morgan fingerprint density at radius 1 is 1.15 bits per heavy atom. The van der Waals surface area contributed by atoms with Crippen molar-refractivity contribution in [3.8, 4) is 17.0 Å². The normalized spacial score (nSPS) is 17.2. The summed E-state index contributed by atoms with van der Waals surface area (Å²) in [5.74, 6) is 1.82. The van der Waals surface area contributed by atoms with Gasteiger partial charge in [0.25, 0.3) is 0 Å². The van der Waals surface area contributed by atoms with Crippen molar-refractivity contribution >= 4 is 11.3 Å². The predicted molar refractivity (Wildman–Crippen MR) is 101 cm³/mol. The van der Waals surface area contributed by atoms with Crippen LogP contribution in [-0.2, 0) is 19.5 Å². The lowest BCUT2D eigenvalue weighted by Gasteiger charge is -2.29. The quantitative estimate of drug-likeness (QED) is 0.764. The summed E-state index contributed by atoms with van der Waals surface area (Å²) in [5, 5.41) is 9.63. The highest BCUT2D eigenvalue weighted by Gasteiger charge is 2.30. The number of rotatable bonds is 4. The van der Waals surface area contributed by atoms with Gasteiger partial charge in [0, 0.05) is 54.2 Å². The van der Waals surface area contributed by atoms with Gasteiger partial charge < -0.3 is 5.11 Å². The Morgan fingerprint density at radius 2 is 2.00 bits per heavy atom. The molecule has 0 bridgehead atoms. The van der Waals surface area contributed by atoms with Crippen LogP contribution in [0.15, 0.2) is 36.0 Å². The molecule has 1 aromatic carbocycles. The molecule has 0 spiro atoms. The van der Waals surface area contributed by atoms with Crippen LogP contribution in [-0.4, -0.2) is 31.5 Å². The van der Waals surface area contributed by atoms with Gasteiger partial charge in [0.05, 0.1) is 16.9 Å². The Labute approximate surface area is 156 Å². The maximum atomic E-state index is 9.63. The van der Waals surface area contributed by atoms with Gasteiger partial charge in [-0.2, -0.15) is 0 Å². The Hall–Kier alpha value is -2.31. The Morgan fingerprint density at radius 3 is 2.73 bits per heavy atom. The first kappa shape index (κ1) is 15.9. The smallest absolute Gasteiger partial charge is 0.132 e. The lowest BCUT2D eigenvalue weighted by molar-refractivity contribution is 0.245. The summed E-state index contributed by atoms with van der Waals surface area (Å²) >= 11 is 1.70. The van der Waals surface area contributed by atoms with Crippen molar-refractivity contribution in [3.63, 3.8) is 0 Å². The van der Waals surface area contributed by atoms with Crippen LogP contribution in [0.2, 0.25) is 0 Å². The first-order valence-electron chi connectivity index (χ1n) is 9.05. The topological polar surface area (TPSA) is 62.1 Å². The number of fused-ring (bicyclic) bond motifs is 1. The molecule has 2 aromatic heterocycles. The number of hydrogen-bond acceptors (Lipinski definition) is 6. The molecular formula is C20H20N4OS. The molecule has 3 aromatic rings. The van der Waals surface area contributed by atoms with E-state index in [1.54, 1.807) is 23.5 Å². The van der Waals surface area contributed by atoms with E-state index in [1.807, 2.05) is 23.8 Å². The average Bonchev–Trinajstić information content (AvgIpc) is 3.39. The Bertz CT molecular complexity index is 920. The van der Waals surface area contributed by atoms with Gasteiger partial charge in [0.1, 0.15) is 11.6 Å². The Balaban J connectivity index is 1.53. The van der Waals surface area contributed by atoms with Crippen LogP contribution >= 0.6 is 11.3 Å². The van der Waals surface area contributed by atoms with Gasteiger partial charge in [0.2, 0.25) is 0 Å². The van der Waals surface area contributed by atoms with Crippen molar-refractivity contribution in [2.24, 2.45) is 0 Å². The van der Waals surface area contributed by atoms with E-state index in [1.165, 1.54) is 29.0 Å². The monoisotopic (exact) mass is 364 g/mol. The maximum Gasteiger partial charge on any atom is 0.132 e. The number of nitrogens with zero attached hydrogens (tertiary/aromatic N) is 4. The molecule has 1 aliphatic heterocycles. The standard InChI is InChI=1S/C20H20N4OS/c25-15-5-3-13(4-6-15)19-17-11-24(10-16-9-21-12-26-16)8-7-18(17)22-20(23-19)14-1-2-14/h3-6,9,12,14,25H,1-2,7-8,10-11H2. The van der Waals surface area contributed by atoms with Crippen molar-refractivity contribution < 1.29 is 5.11 Å². The second kappa shape index (κ2) is 6.45. The number of aromatic nitrogens is 3. The average molecular weight is 364 g/mol. The van der Waals surface area contributed by atoms with E-state index in [0.29, 0.717) is 5.92 Å². The molecule has 1 saturated carbocycles. The lowest BCUT2D eigenvalue weighted by atomic mass is 9.98. The van der Waals surface area contributed by atoms with Crippen LogP contribution < -0.4 is 0 Å². The zero-order chi connectivity index (χ0) is 17.5. The number of hydrogen-bond donors (Lipinski definition) is 1. The van der Waals surface area contributed by atoms with Gasteiger partial charge in [-0.1, -0.05) is 0 Å². The van der Waals surface area contributed by atoms with Gasteiger partial charge >= 0.3 is 0 Å². The number of thiazole rings is 1. The van der Waals surface area contributed by atoms with Crippen LogP contribution in [0.5, 0.6) is 5.75 Å². The van der Waals surface area contributed by atoms with Gasteiger partial charge in [-0.25, -0.2) is 9.97 Å². The Kier molecular flexibility index (Phi) is 3.94. The zero-order valence-corrected chi connectivity index (χ0v) is 15.2. The highest BCUT2D eigenvalue weighted by molar-refractivity contribution is 7.09. The third-order valence-corrected chi connectivity index (χ3v) is 5.87. The van der Waals surface area contributed by atoms with Gasteiger partial charge in [0.15, 0.2) is 0 Å². The first-order valence-corrected chi connectivity index (χ1v) is 9.93. The fourth-order valence-corrected chi connectivity index (χ4v) is 4.18. The van der Waals surface area contributed by atoms with E-state index in [2.05, 4.69) is 9.88 Å². The highest BCUT2D eigenvalue weighted by atomic mass is 32.1. The highest BCUT2D eigenvalue weighted by Crippen LogP contribution is 2.40. The number of phenolic OH excluding ortho intramolecular Hbond substituents is 1. The van der Waals surface area contributed by atoms with E-state index in [-0.39, 0.29) is 5.75 Å². The van der Waals surface area contributed by atoms with Crippen LogP contribution in [0.25, 0.3) is 11.3 Å². The third-order valence-electron chi connectivity index (χ3n) is 5.10. The van der Waals surface area contributed by atoms with Crippen molar-refractivity contribution in [1.29, 1.82) is 0 Å². The molecule has 0 radical (unpaired) electrons. The number of benzene rings is 1. The van der Waals surface area contributed by atoms with Gasteiger partial charge in [-0.15, -0.1) is 11.3 Å². The molecule has 1 aliphatic carbocycles. The van der Waals surface area contributed by atoms with Crippen molar-refractivity contribution in [3.05, 3.63) is 57.9 Å². The molecule has 0 amide bonds. The zero-order valence-electron chi connectivity index (χ0n) is 14.4. The third kappa shape index (κ3) is 3.10. The SMILES string of the molecule is Oc1ccc(-c2nc(C3CC3)nc3c2CN(Cc2cncs2)CC3)cc1. The van der Waals surface area contributed by atoms with Crippen LogP contribution in [0.1, 0.15) is 40.7 Å². The number of phenols is 1. The van der Waals surface area contributed by atoms with E-state index in [0.717, 1.165) is 43.1 Å². The van der Waals surface area contributed by atoms with E-state index in [4.69, 9.17) is 9.97 Å².